The van der Waals surface area contributed by atoms with Crippen LogP contribution in [0, 0.1) is 11.8 Å². The summed E-state index contributed by atoms with van der Waals surface area (Å²) < 4.78 is 0. The van der Waals surface area contributed by atoms with Crippen molar-refractivity contribution in [1.29, 1.82) is 0 Å². The van der Waals surface area contributed by atoms with Crippen LogP contribution in [0.4, 0.5) is 4.79 Å². The number of carbonyl (C=O) groups is 1. The summed E-state index contributed by atoms with van der Waals surface area (Å²) in [5.41, 5.74) is 0. The van der Waals surface area contributed by atoms with E-state index in [0.717, 1.165) is 26.2 Å². The SMILES string of the molecule is CCN(CC)C(=O)N1CC(C(C)C)NCC1C(C)C. The first-order valence-electron chi connectivity index (χ1n) is 7.71. The molecule has 1 rings (SSSR count). The van der Waals surface area contributed by atoms with E-state index in [4.69, 9.17) is 0 Å². The van der Waals surface area contributed by atoms with E-state index in [9.17, 15) is 4.79 Å². The van der Waals surface area contributed by atoms with Gasteiger partial charge in [-0.2, -0.15) is 0 Å². The Kier molecular flexibility index (Phi) is 6.11. The molecule has 2 atom stereocenters. The molecule has 0 radical (unpaired) electrons. The summed E-state index contributed by atoms with van der Waals surface area (Å²) in [5, 5.41) is 3.60. The van der Waals surface area contributed by atoms with E-state index in [0.29, 0.717) is 23.9 Å². The average molecular weight is 269 g/mol. The molecule has 4 nitrogen and oxygen atoms in total. The molecule has 1 saturated heterocycles. The Balaban J connectivity index is 2.85. The van der Waals surface area contributed by atoms with E-state index in [2.05, 4.69) is 37.9 Å². The molecular weight excluding hydrogens is 238 g/mol. The summed E-state index contributed by atoms with van der Waals surface area (Å²) in [6, 6.07) is 0.925. The van der Waals surface area contributed by atoms with Crippen LogP contribution in [0.15, 0.2) is 0 Å². The number of carbonyl (C=O) groups excluding carboxylic acids is 1. The van der Waals surface area contributed by atoms with E-state index in [1.165, 1.54) is 0 Å². The van der Waals surface area contributed by atoms with Gasteiger partial charge in [0, 0.05) is 38.3 Å². The van der Waals surface area contributed by atoms with Crippen molar-refractivity contribution in [1.82, 2.24) is 15.1 Å². The average Bonchev–Trinajstić information content (AvgIpc) is 2.39. The number of hydrogen-bond donors (Lipinski definition) is 1. The number of amides is 2. The maximum atomic E-state index is 12.7. The highest BCUT2D eigenvalue weighted by Gasteiger charge is 2.35. The lowest BCUT2D eigenvalue weighted by atomic mass is 9.94. The molecule has 0 aromatic heterocycles. The van der Waals surface area contributed by atoms with Crippen LogP contribution >= 0.6 is 0 Å². The Hall–Kier alpha value is -0.770. The molecule has 0 spiro atoms. The minimum Gasteiger partial charge on any atom is -0.325 e. The summed E-state index contributed by atoms with van der Waals surface area (Å²) in [5.74, 6) is 1.04. The van der Waals surface area contributed by atoms with Gasteiger partial charge in [0.15, 0.2) is 0 Å². The molecule has 1 fully saturated rings. The number of hydrogen-bond acceptors (Lipinski definition) is 2. The molecule has 0 saturated carbocycles. The summed E-state index contributed by atoms with van der Waals surface area (Å²) in [6.07, 6.45) is 0. The van der Waals surface area contributed by atoms with E-state index in [1.54, 1.807) is 0 Å². The van der Waals surface area contributed by atoms with Gasteiger partial charge in [-0.25, -0.2) is 4.79 Å². The summed E-state index contributed by atoms with van der Waals surface area (Å²) in [4.78, 5) is 16.7. The van der Waals surface area contributed by atoms with Crippen LogP contribution in [0.1, 0.15) is 41.5 Å². The summed E-state index contributed by atoms with van der Waals surface area (Å²) >= 11 is 0. The zero-order chi connectivity index (χ0) is 14.6. The predicted octanol–water partition coefficient (Wildman–Crippen LogP) is 2.40. The van der Waals surface area contributed by atoms with Crippen molar-refractivity contribution in [3.05, 3.63) is 0 Å². The molecule has 2 unspecified atom stereocenters. The first-order valence-corrected chi connectivity index (χ1v) is 7.71. The molecule has 0 aliphatic carbocycles. The van der Waals surface area contributed by atoms with Crippen molar-refractivity contribution in [3.63, 3.8) is 0 Å². The molecule has 0 aromatic rings. The van der Waals surface area contributed by atoms with Crippen LogP contribution < -0.4 is 5.32 Å². The second-order valence-electron chi connectivity index (χ2n) is 6.18. The van der Waals surface area contributed by atoms with Crippen molar-refractivity contribution in [2.45, 2.75) is 53.6 Å². The molecule has 1 heterocycles. The maximum absolute atomic E-state index is 12.7. The minimum absolute atomic E-state index is 0.204. The fraction of sp³-hybridized carbons (Fsp3) is 0.933. The highest BCUT2D eigenvalue weighted by atomic mass is 16.2. The van der Waals surface area contributed by atoms with Crippen LogP contribution in [0.3, 0.4) is 0 Å². The van der Waals surface area contributed by atoms with Crippen LogP contribution in [-0.2, 0) is 0 Å². The van der Waals surface area contributed by atoms with Crippen molar-refractivity contribution >= 4 is 6.03 Å². The van der Waals surface area contributed by atoms with E-state index in [-0.39, 0.29) is 6.03 Å². The lowest BCUT2D eigenvalue weighted by Crippen LogP contribution is -2.63. The van der Waals surface area contributed by atoms with E-state index < -0.39 is 0 Å². The topological polar surface area (TPSA) is 35.6 Å². The van der Waals surface area contributed by atoms with Crippen LogP contribution in [-0.4, -0.2) is 54.1 Å². The molecule has 112 valence electrons. The van der Waals surface area contributed by atoms with E-state index >= 15 is 0 Å². The number of nitrogens with one attached hydrogen (secondary N) is 1. The zero-order valence-corrected chi connectivity index (χ0v) is 13.4. The normalized spacial score (nSPS) is 24.1. The fourth-order valence-corrected chi connectivity index (χ4v) is 2.73. The largest absolute Gasteiger partial charge is 0.325 e. The van der Waals surface area contributed by atoms with Crippen LogP contribution in [0.25, 0.3) is 0 Å². The quantitative estimate of drug-likeness (QED) is 0.850. The third-order valence-corrected chi connectivity index (χ3v) is 4.24. The number of rotatable bonds is 4. The van der Waals surface area contributed by atoms with Gasteiger partial charge in [-0.1, -0.05) is 27.7 Å². The van der Waals surface area contributed by atoms with Gasteiger partial charge in [0.25, 0.3) is 0 Å². The lowest BCUT2D eigenvalue weighted by molar-refractivity contribution is 0.0835. The van der Waals surface area contributed by atoms with Gasteiger partial charge < -0.3 is 15.1 Å². The van der Waals surface area contributed by atoms with E-state index in [1.807, 2.05) is 18.7 Å². The van der Waals surface area contributed by atoms with Crippen molar-refractivity contribution in [2.75, 3.05) is 26.2 Å². The van der Waals surface area contributed by atoms with Gasteiger partial charge in [0.05, 0.1) is 0 Å². The van der Waals surface area contributed by atoms with Gasteiger partial charge in [-0.05, 0) is 25.7 Å². The number of piperazine rings is 1. The number of urea groups is 1. The molecule has 1 aliphatic rings. The van der Waals surface area contributed by atoms with Crippen LogP contribution in [0.2, 0.25) is 0 Å². The third kappa shape index (κ3) is 3.85. The maximum Gasteiger partial charge on any atom is 0.320 e. The van der Waals surface area contributed by atoms with Gasteiger partial charge in [-0.15, -0.1) is 0 Å². The monoisotopic (exact) mass is 269 g/mol. The molecule has 1 N–H and O–H groups in total. The molecule has 4 heteroatoms. The molecule has 2 amide bonds. The highest BCUT2D eigenvalue weighted by molar-refractivity contribution is 5.75. The summed E-state index contributed by atoms with van der Waals surface area (Å²) in [7, 11) is 0. The van der Waals surface area contributed by atoms with Gasteiger partial charge in [0.2, 0.25) is 0 Å². The Morgan fingerprint density at radius 1 is 1.21 bits per heavy atom. The second-order valence-corrected chi connectivity index (χ2v) is 6.18. The number of nitrogens with zero attached hydrogens (tertiary/aromatic N) is 2. The molecule has 0 bridgehead atoms. The molecule has 0 aromatic carbocycles. The fourth-order valence-electron chi connectivity index (χ4n) is 2.73. The first-order chi connectivity index (χ1) is 8.92. The van der Waals surface area contributed by atoms with Gasteiger partial charge in [-0.3, -0.25) is 0 Å². The molecule has 1 aliphatic heterocycles. The molecular formula is C15H31N3O. The van der Waals surface area contributed by atoms with Gasteiger partial charge in [0.1, 0.15) is 0 Å². The smallest absolute Gasteiger partial charge is 0.320 e. The highest BCUT2D eigenvalue weighted by Crippen LogP contribution is 2.20. The second kappa shape index (κ2) is 7.13. The zero-order valence-electron chi connectivity index (χ0n) is 13.4. The van der Waals surface area contributed by atoms with Crippen molar-refractivity contribution in [2.24, 2.45) is 11.8 Å². The summed E-state index contributed by atoms with van der Waals surface area (Å²) in [6.45, 7) is 16.2. The Morgan fingerprint density at radius 2 is 1.79 bits per heavy atom. The Bertz CT molecular complexity index is 287. The standard InChI is InChI=1S/C15H31N3O/c1-7-17(8-2)15(19)18-10-13(11(3)4)16-9-14(18)12(5)6/h11-14,16H,7-10H2,1-6H3. The molecule has 19 heavy (non-hydrogen) atoms. The Morgan fingerprint density at radius 3 is 2.21 bits per heavy atom. The Labute approximate surface area is 118 Å². The van der Waals surface area contributed by atoms with Crippen LogP contribution in [0.5, 0.6) is 0 Å². The minimum atomic E-state index is 0.204. The first kappa shape index (κ1) is 16.3. The lowest BCUT2D eigenvalue weighted by Gasteiger charge is -2.45. The van der Waals surface area contributed by atoms with Crippen molar-refractivity contribution < 1.29 is 4.79 Å². The predicted molar refractivity (Wildman–Crippen MR) is 80.3 cm³/mol. The van der Waals surface area contributed by atoms with Gasteiger partial charge >= 0.3 is 6.03 Å². The van der Waals surface area contributed by atoms with Crippen molar-refractivity contribution in [3.8, 4) is 0 Å². The third-order valence-electron chi connectivity index (χ3n) is 4.24.